The molecule has 4 rings (SSSR count). The van der Waals surface area contributed by atoms with Gasteiger partial charge in [-0.25, -0.2) is 9.31 Å². The molecule has 120 valence electrons. The van der Waals surface area contributed by atoms with Crippen LogP contribution in [0.4, 0.5) is 10.5 Å². The number of fused-ring (bicyclic) bond motifs is 1. The van der Waals surface area contributed by atoms with Crippen LogP contribution in [0.25, 0.3) is 5.52 Å². The van der Waals surface area contributed by atoms with Gasteiger partial charge in [-0.3, -0.25) is 15.0 Å². The second kappa shape index (κ2) is 5.66. The van der Waals surface area contributed by atoms with E-state index in [0.717, 1.165) is 37.1 Å². The monoisotopic (exact) mass is 313 g/mol. The van der Waals surface area contributed by atoms with Gasteiger partial charge in [-0.15, -0.1) is 0 Å². The van der Waals surface area contributed by atoms with E-state index in [-0.39, 0.29) is 11.9 Å². The molecule has 2 aromatic heterocycles. The Labute approximate surface area is 133 Å². The first-order chi connectivity index (χ1) is 11.2. The van der Waals surface area contributed by atoms with Crippen LogP contribution >= 0.6 is 0 Å². The fourth-order valence-electron chi connectivity index (χ4n) is 3.39. The average molecular weight is 313 g/mol. The lowest BCUT2D eigenvalue weighted by atomic mass is 9.91. The van der Waals surface area contributed by atoms with Crippen LogP contribution in [0.1, 0.15) is 30.7 Å². The van der Waals surface area contributed by atoms with Crippen molar-refractivity contribution in [3.8, 4) is 0 Å². The van der Waals surface area contributed by atoms with Crippen molar-refractivity contribution in [2.24, 2.45) is 0 Å². The van der Waals surface area contributed by atoms with E-state index in [1.807, 2.05) is 10.6 Å². The van der Waals surface area contributed by atoms with Gasteiger partial charge in [0, 0.05) is 19.2 Å². The van der Waals surface area contributed by atoms with Crippen LogP contribution in [0.3, 0.4) is 0 Å². The molecule has 0 aliphatic carbocycles. The first kappa shape index (κ1) is 14.2. The number of amides is 3. The van der Waals surface area contributed by atoms with Gasteiger partial charge in [0.1, 0.15) is 0 Å². The third-order valence-corrected chi connectivity index (χ3v) is 4.67. The quantitative estimate of drug-likeness (QED) is 0.874. The first-order valence-corrected chi connectivity index (χ1v) is 8.02. The fourth-order valence-corrected chi connectivity index (χ4v) is 3.39. The second-order valence-corrected chi connectivity index (χ2v) is 6.10. The molecule has 0 spiro atoms. The molecule has 4 heterocycles. The van der Waals surface area contributed by atoms with Crippen LogP contribution in [0.2, 0.25) is 0 Å². The van der Waals surface area contributed by atoms with Crippen molar-refractivity contribution in [2.75, 3.05) is 24.5 Å². The van der Waals surface area contributed by atoms with E-state index < -0.39 is 0 Å². The van der Waals surface area contributed by atoms with Crippen molar-refractivity contribution in [1.29, 1.82) is 0 Å². The molecule has 2 aromatic rings. The van der Waals surface area contributed by atoms with E-state index >= 15 is 0 Å². The lowest BCUT2D eigenvalue weighted by molar-refractivity contribution is -0.120. The highest BCUT2D eigenvalue weighted by Crippen LogP contribution is 2.28. The topological polar surface area (TPSA) is 78.7 Å². The number of nitrogens with zero attached hydrogens (tertiary/aromatic N) is 3. The molecule has 0 atom stereocenters. The van der Waals surface area contributed by atoms with E-state index in [0.29, 0.717) is 18.9 Å². The summed E-state index contributed by atoms with van der Waals surface area (Å²) in [5, 5.41) is 10.1. The maximum absolute atomic E-state index is 12.0. The van der Waals surface area contributed by atoms with Gasteiger partial charge in [-0.05, 0) is 43.5 Å². The molecule has 2 fully saturated rings. The van der Waals surface area contributed by atoms with Crippen molar-refractivity contribution in [2.45, 2.75) is 25.2 Å². The minimum Gasteiger partial charge on any atom is -0.317 e. The van der Waals surface area contributed by atoms with Gasteiger partial charge in [0.25, 0.3) is 0 Å². The summed E-state index contributed by atoms with van der Waals surface area (Å²) in [4.78, 5) is 24.9. The van der Waals surface area contributed by atoms with E-state index in [9.17, 15) is 9.59 Å². The Morgan fingerprint density at radius 1 is 1.17 bits per heavy atom. The maximum Gasteiger partial charge on any atom is 0.328 e. The highest BCUT2D eigenvalue weighted by Gasteiger charge is 2.26. The third kappa shape index (κ3) is 2.57. The minimum absolute atomic E-state index is 0.226. The predicted molar refractivity (Wildman–Crippen MR) is 85.5 cm³/mol. The number of urea groups is 1. The molecule has 2 N–H and O–H groups in total. The van der Waals surface area contributed by atoms with E-state index in [4.69, 9.17) is 0 Å². The number of aromatic nitrogens is 2. The van der Waals surface area contributed by atoms with Crippen molar-refractivity contribution >= 4 is 23.1 Å². The number of rotatable bonds is 2. The molecule has 7 heteroatoms. The number of pyridine rings is 1. The molecule has 7 nitrogen and oxygen atoms in total. The molecule has 2 saturated heterocycles. The molecule has 0 unspecified atom stereocenters. The molecule has 23 heavy (non-hydrogen) atoms. The molecule has 0 saturated carbocycles. The number of piperidine rings is 1. The Balaban J connectivity index is 1.65. The Morgan fingerprint density at radius 3 is 2.78 bits per heavy atom. The summed E-state index contributed by atoms with van der Waals surface area (Å²) in [5.74, 6) is 0.333. The Hall–Kier alpha value is -2.41. The molecular weight excluding hydrogens is 294 g/mol. The van der Waals surface area contributed by atoms with Gasteiger partial charge < -0.3 is 5.32 Å². The van der Waals surface area contributed by atoms with Gasteiger partial charge >= 0.3 is 6.03 Å². The van der Waals surface area contributed by atoms with E-state index in [1.165, 1.54) is 5.56 Å². The predicted octanol–water partition coefficient (Wildman–Crippen LogP) is 1.25. The number of hydrogen-bond acceptors (Lipinski definition) is 4. The summed E-state index contributed by atoms with van der Waals surface area (Å²) < 4.78 is 1.83. The van der Waals surface area contributed by atoms with Crippen LogP contribution in [-0.2, 0) is 4.79 Å². The summed E-state index contributed by atoms with van der Waals surface area (Å²) in [6.07, 6.45) is 6.33. The van der Waals surface area contributed by atoms with Gasteiger partial charge in [0.15, 0.2) is 0 Å². The molecule has 3 amide bonds. The number of anilines is 1. The maximum atomic E-state index is 12.0. The zero-order valence-corrected chi connectivity index (χ0v) is 12.8. The smallest absolute Gasteiger partial charge is 0.317 e. The van der Waals surface area contributed by atoms with E-state index in [1.54, 1.807) is 11.1 Å². The summed E-state index contributed by atoms with van der Waals surface area (Å²) in [6, 6.07) is 3.77. The van der Waals surface area contributed by atoms with Crippen LogP contribution in [0, 0.1) is 0 Å². The van der Waals surface area contributed by atoms with Gasteiger partial charge in [-0.2, -0.15) is 5.10 Å². The zero-order chi connectivity index (χ0) is 15.8. The Morgan fingerprint density at radius 2 is 2.00 bits per heavy atom. The molecule has 2 aliphatic rings. The number of nitrogens with one attached hydrogen (secondary N) is 2. The number of carbonyl (C=O) groups is 2. The van der Waals surface area contributed by atoms with Crippen molar-refractivity contribution in [3.05, 3.63) is 30.1 Å². The van der Waals surface area contributed by atoms with Crippen LogP contribution in [0.5, 0.6) is 0 Å². The normalized spacial score (nSPS) is 20.1. The van der Waals surface area contributed by atoms with Gasteiger partial charge in [0.2, 0.25) is 5.91 Å². The molecule has 2 aliphatic heterocycles. The Kier molecular flexibility index (Phi) is 3.49. The second-order valence-electron chi connectivity index (χ2n) is 6.10. The fraction of sp³-hybridized carbons (Fsp3) is 0.438. The highest BCUT2D eigenvalue weighted by molar-refractivity contribution is 6.07. The van der Waals surface area contributed by atoms with E-state index in [2.05, 4.69) is 28.0 Å². The summed E-state index contributed by atoms with van der Waals surface area (Å²) >= 11 is 0. The number of hydrogen-bond donors (Lipinski definition) is 2. The molecule has 0 aromatic carbocycles. The van der Waals surface area contributed by atoms with Gasteiger partial charge in [0.05, 0.1) is 17.4 Å². The largest absolute Gasteiger partial charge is 0.328 e. The highest BCUT2D eigenvalue weighted by atomic mass is 16.2. The molecular formula is C16H19N5O2. The SMILES string of the molecule is O=C1CCN(c2cnn3cc(C4CCNCC4)ccc23)C(=O)N1. The standard InChI is InChI=1S/C16H19N5O2/c22-15-5-8-20(16(23)19-15)14-9-18-21-10-12(1-2-13(14)21)11-3-6-17-7-4-11/h1-2,9-11,17H,3-8H2,(H,19,22,23). The van der Waals surface area contributed by atoms with Crippen molar-refractivity contribution < 1.29 is 9.59 Å². The lowest BCUT2D eigenvalue weighted by Gasteiger charge is -2.25. The minimum atomic E-state index is -0.376. The summed E-state index contributed by atoms with van der Waals surface area (Å²) in [6.45, 7) is 2.49. The Bertz CT molecular complexity index is 763. The number of imide groups is 1. The third-order valence-electron chi connectivity index (χ3n) is 4.67. The van der Waals surface area contributed by atoms with Crippen LogP contribution in [0.15, 0.2) is 24.5 Å². The lowest BCUT2D eigenvalue weighted by Crippen LogP contribution is -2.49. The van der Waals surface area contributed by atoms with Crippen LogP contribution < -0.4 is 15.5 Å². The zero-order valence-electron chi connectivity index (χ0n) is 12.8. The first-order valence-electron chi connectivity index (χ1n) is 8.02. The van der Waals surface area contributed by atoms with Crippen molar-refractivity contribution in [1.82, 2.24) is 20.2 Å². The summed E-state index contributed by atoms with van der Waals surface area (Å²) in [7, 11) is 0. The van der Waals surface area contributed by atoms with Crippen LogP contribution in [-0.4, -0.2) is 41.2 Å². The number of carbonyl (C=O) groups excluding carboxylic acids is 2. The molecule has 0 bridgehead atoms. The van der Waals surface area contributed by atoms with Gasteiger partial charge in [-0.1, -0.05) is 6.07 Å². The summed E-state index contributed by atoms with van der Waals surface area (Å²) in [5.41, 5.74) is 2.91. The molecule has 0 radical (unpaired) electrons. The van der Waals surface area contributed by atoms with Crippen molar-refractivity contribution in [3.63, 3.8) is 0 Å². The average Bonchev–Trinajstić information content (AvgIpc) is 2.99.